The van der Waals surface area contributed by atoms with Gasteiger partial charge >= 0.3 is 0 Å². The first-order valence-electron chi connectivity index (χ1n) is 8.27. The molecule has 0 aliphatic heterocycles. The molecule has 2 nitrogen and oxygen atoms in total. The largest absolute Gasteiger partial charge is 0.508 e. The fourth-order valence-corrected chi connectivity index (χ4v) is 4.10. The second-order valence-electron chi connectivity index (χ2n) is 6.85. The summed E-state index contributed by atoms with van der Waals surface area (Å²) in [5, 5.41) is 13.3. The second kappa shape index (κ2) is 6.17. The molecule has 0 bridgehead atoms. The van der Waals surface area contributed by atoms with Crippen LogP contribution in [0.25, 0.3) is 0 Å². The van der Waals surface area contributed by atoms with Gasteiger partial charge in [0, 0.05) is 6.04 Å². The monoisotopic (exact) mass is 273 g/mol. The van der Waals surface area contributed by atoms with Gasteiger partial charge in [-0.05, 0) is 67.3 Å². The first kappa shape index (κ1) is 13.9. The number of phenols is 1. The van der Waals surface area contributed by atoms with Crippen LogP contribution in [0.5, 0.6) is 5.75 Å². The third-order valence-corrected chi connectivity index (χ3v) is 5.19. The van der Waals surface area contributed by atoms with Gasteiger partial charge in [0.1, 0.15) is 5.75 Å². The minimum atomic E-state index is 0.403. The van der Waals surface area contributed by atoms with Crippen molar-refractivity contribution in [3.8, 4) is 5.75 Å². The fourth-order valence-electron chi connectivity index (χ4n) is 4.10. The molecular formula is C18H27NO. The molecule has 1 fully saturated rings. The van der Waals surface area contributed by atoms with Gasteiger partial charge in [0.05, 0.1) is 0 Å². The van der Waals surface area contributed by atoms with E-state index in [1.807, 2.05) is 12.1 Å². The van der Waals surface area contributed by atoms with Crippen molar-refractivity contribution in [1.29, 1.82) is 0 Å². The van der Waals surface area contributed by atoms with Gasteiger partial charge in [-0.15, -0.1) is 0 Å². The van der Waals surface area contributed by atoms with Crippen LogP contribution in [0, 0.1) is 11.8 Å². The number of phenolic OH excluding ortho intramolecular Hbond substituents is 1. The lowest BCUT2D eigenvalue weighted by molar-refractivity contribution is 0.265. The molecule has 2 aliphatic carbocycles. The number of hydrogen-bond donors (Lipinski definition) is 2. The van der Waals surface area contributed by atoms with Gasteiger partial charge in [-0.1, -0.05) is 32.3 Å². The Hall–Kier alpha value is -1.02. The lowest BCUT2D eigenvalue weighted by Crippen LogP contribution is -2.24. The molecule has 0 spiro atoms. The highest BCUT2D eigenvalue weighted by molar-refractivity contribution is 5.39. The minimum Gasteiger partial charge on any atom is -0.508 e. The van der Waals surface area contributed by atoms with E-state index in [0.717, 1.165) is 24.8 Å². The van der Waals surface area contributed by atoms with Gasteiger partial charge in [0.2, 0.25) is 0 Å². The third kappa shape index (κ3) is 3.17. The van der Waals surface area contributed by atoms with Crippen LogP contribution >= 0.6 is 0 Å². The number of aryl methyl sites for hydroxylation is 1. The molecule has 1 aromatic carbocycles. The molecule has 0 radical (unpaired) electrons. The third-order valence-electron chi connectivity index (χ3n) is 5.19. The number of nitrogens with one attached hydrogen (secondary N) is 1. The van der Waals surface area contributed by atoms with Crippen molar-refractivity contribution in [3.05, 3.63) is 29.3 Å². The first-order chi connectivity index (χ1) is 9.72. The molecule has 3 unspecified atom stereocenters. The molecule has 0 heterocycles. The topological polar surface area (TPSA) is 32.3 Å². The molecule has 3 rings (SSSR count). The normalized spacial score (nSPS) is 29.4. The van der Waals surface area contributed by atoms with E-state index >= 15 is 0 Å². The van der Waals surface area contributed by atoms with E-state index < -0.39 is 0 Å². The SMILES string of the molecule is CC1CCCC(CCNC2CCc3cc(O)ccc32)C1. The zero-order chi connectivity index (χ0) is 13.9. The Morgan fingerprint density at radius 1 is 1.25 bits per heavy atom. The van der Waals surface area contributed by atoms with Crippen molar-refractivity contribution in [3.63, 3.8) is 0 Å². The minimum absolute atomic E-state index is 0.403. The molecule has 2 N–H and O–H groups in total. The lowest BCUT2D eigenvalue weighted by Gasteiger charge is -2.27. The molecule has 2 aliphatic rings. The van der Waals surface area contributed by atoms with E-state index in [1.54, 1.807) is 0 Å². The fraction of sp³-hybridized carbons (Fsp3) is 0.667. The molecule has 0 saturated heterocycles. The molecule has 1 saturated carbocycles. The molecule has 2 heteroatoms. The Balaban J connectivity index is 1.48. The van der Waals surface area contributed by atoms with Crippen LogP contribution in [-0.4, -0.2) is 11.7 Å². The molecular weight excluding hydrogens is 246 g/mol. The maximum Gasteiger partial charge on any atom is 0.115 e. The Morgan fingerprint density at radius 2 is 2.15 bits per heavy atom. The molecule has 3 atom stereocenters. The molecule has 0 aromatic heterocycles. The van der Waals surface area contributed by atoms with Crippen LogP contribution in [0.4, 0.5) is 0 Å². The highest BCUT2D eigenvalue weighted by Gasteiger charge is 2.23. The van der Waals surface area contributed by atoms with E-state index in [9.17, 15) is 5.11 Å². The summed E-state index contributed by atoms with van der Waals surface area (Å²) in [6.45, 7) is 3.54. The van der Waals surface area contributed by atoms with Gasteiger partial charge in [0.15, 0.2) is 0 Å². The number of rotatable bonds is 4. The molecule has 1 aromatic rings. The van der Waals surface area contributed by atoms with E-state index in [1.165, 1.54) is 49.7 Å². The summed E-state index contributed by atoms with van der Waals surface area (Å²) in [4.78, 5) is 0. The zero-order valence-electron chi connectivity index (χ0n) is 12.6. The van der Waals surface area contributed by atoms with E-state index in [-0.39, 0.29) is 0 Å². The van der Waals surface area contributed by atoms with Crippen LogP contribution in [0.2, 0.25) is 0 Å². The lowest BCUT2D eigenvalue weighted by atomic mass is 9.81. The summed E-state index contributed by atoms with van der Waals surface area (Å²) >= 11 is 0. The van der Waals surface area contributed by atoms with Gasteiger partial charge in [0.25, 0.3) is 0 Å². The summed E-state index contributed by atoms with van der Waals surface area (Å²) in [5.41, 5.74) is 2.73. The van der Waals surface area contributed by atoms with Crippen molar-refractivity contribution in [2.75, 3.05) is 6.54 Å². The van der Waals surface area contributed by atoms with Crippen LogP contribution in [-0.2, 0) is 6.42 Å². The van der Waals surface area contributed by atoms with Gasteiger partial charge in [-0.2, -0.15) is 0 Å². The maximum atomic E-state index is 9.53. The molecule has 20 heavy (non-hydrogen) atoms. The van der Waals surface area contributed by atoms with Gasteiger partial charge < -0.3 is 10.4 Å². The number of benzene rings is 1. The predicted molar refractivity (Wildman–Crippen MR) is 82.9 cm³/mol. The van der Waals surface area contributed by atoms with Crippen molar-refractivity contribution in [1.82, 2.24) is 5.32 Å². The summed E-state index contributed by atoms with van der Waals surface area (Å²) in [5.74, 6) is 2.27. The average Bonchev–Trinajstić information content (AvgIpc) is 2.81. The number of fused-ring (bicyclic) bond motifs is 1. The van der Waals surface area contributed by atoms with Crippen molar-refractivity contribution in [2.45, 2.75) is 57.9 Å². The van der Waals surface area contributed by atoms with Crippen LogP contribution < -0.4 is 5.32 Å². The Morgan fingerprint density at radius 3 is 3.00 bits per heavy atom. The summed E-state index contributed by atoms with van der Waals surface area (Å²) in [6, 6.07) is 6.35. The van der Waals surface area contributed by atoms with Crippen LogP contribution in [0.3, 0.4) is 0 Å². The van der Waals surface area contributed by atoms with E-state index in [0.29, 0.717) is 11.8 Å². The summed E-state index contributed by atoms with van der Waals surface area (Å²) in [7, 11) is 0. The van der Waals surface area contributed by atoms with Crippen molar-refractivity contribution in [2.24, 2.45) is 11.8 Å². The number of aromatic hydroxyl groups is 1. The predicted octanol–water partition coefficient (Wildman–Crippen LogP) is 4.19. The Bertz CT molecular complexity index is 457. The van der Waals surface area contributed by atoms with E-state index in [2.05, 4.69) is 18.3 Å². The van der Waals surface area contributed by atoms with Gasteiger partial charge in [-0.25, -0.2) is 0 Å². The van der Waals surface area contributed by atoms with Crippen LogP contribution in [0.15, 0.2) is 18.2 Å². The first-order valence-corrected chi connectivity index (χ1v) is 8.27. The highest BCUT2D eigenvalue weighted by atomic mass is 16.3. The van der Waals surface area contributed by atoms with Gasteiger partial charge in [-0.3, -0.25) is 0 Å². The average molecular weight is 273 g/mol. The van der Waals surface area contributed by atoms with E-state index in [4.69, 9.17) is 0 Å². The Labute approximate surface area is 122 Å². The highest BCUT2D eigenvalue weighted by Crippen LogP contribution is 2.34. The summed E-state index contributed by atoms with van der Waals surface area (Å²) in [6.07, 6.45) is 9.33. The summed E-state index contributed by atoms with van der Waals surface area (Å²) < 4.78 is 0. The van der Waals surface area contributed by atoms with Crippen molar-refractivity contribution >= 4 is 0 Å². The molecule has 110 valence electrons. The number of hydrogen-bond acceptors (Lipinski definition) is 2. The standard InChI is InChI=1S/C18H27NO/c1-13-3-2-4-14(11-13)9-10-19-18-8-5-15-12-16(20)6-7-17(15)18/h6-7,12-14,18-20H,2-5,8-11H2,1H3. The quantitative estimate of drug-likeness (QED) is 0.862. The molecule has 0 amide bonds. The second-order valence-corrected chi connectivity index (χ2v) is 6.85. The zero-order valence-corrected chi connectivity index (χ0v) is 12.6. The Kier molecular flexibility index (Phi) is 4.30. The van der Waals surface area contributed by atoms with Crippen molar-refractivity contribution < 1.29 is 5.11 Å². The smallest absolute Gasteiger partial charge is 0.115 e. The maximum absolute atomic E-state index is 9.53. The van der Waals surface area contributed by atoms with Crippen LogP contribution in [0.1, 0.15) is 62.6 Å².